The van der Waals surface area contributed by atoms with E-state index in [2.05, 4.69) is 17.5 Å². The van der Waals surface area contributed by atoms with Crippen molar-refractivity contribution in [2.24, 2.45) is 0 Å². The van der Waals surface area contributed by atoms with Crippen LogP contribution in [-0.2, 0) is 14.3 Å². The number of hydrogen-bond acceptors (Lipinski definition) is 5. The van der Waals surface area contributed by atoms with Gasteiger partial charge in [0.05, 0.1) is 6.61 Å². The Kier molecular flexibility index (Phi) is 9.91. The van der Waals surface area contributed by atoms with Gasteiger partial charge in [0.2, 0.25) is 0 Å². The minimum atomic E-state index is 0.0557. The molecule has 0 radical (unpaired) electrons. The highest BCUT2D eigenvalue weighted by Gasteiger charge is 1.93. The number of carbonyl (C=O) groups excluding carboxylic acids is 1. The highest BCUT2D eigenvalue weighted by molar-refractivity contribution is 7.78. The van der Waals surface area contributed by atoms with Gasteiger partial charge in [-0.15, -0.1) is 0 Å². The topological polar surface area (TPSA) is 47.6 Å². The van der Waals surface area contributed by atoms with Crippen LogP contribution in [0.3, 0.4) is 0 Å². The molecule has 0 aromatic carbocycles. The summed E-state index contributed by atoms with van der Waals surface area (Å²) in [6, 6.07) is 0. The molecule has 0 aliphatic rings. The SMILES string of the molecule is CC(=O)COCCCOCCNS. The van der Waals surface area contributed by atoms with Crippen LogP contribution < -0.4 is 4.72 Å². The molecule has 0 saturated heterocycles. The maximum absolute atomic E-state index is 10.4. The quantitative estimate of drug-likeness (QED) is 0.425. The molecule has 0 heterocycles. The van der Waals surface area contributed by atoms with Crippen LogP contribution in [0.4, 0.5) is 0 Å². The van der Waals surface area contributed by atoms with Crippen molar-refractivity contribution >= 4 is 18.6 Å². The van der Waals surface area contributed by atoms with Gasteiger partial charge in [-0.25, -0.2) is 0 Å². The van der Waals surface area contributed by atoms with Crippen molar-refractivity contribution in [2.75, 3.05) is 33.0 Å². The highest BCUT2D eigenvalue weighted by Crippen LogP contribution is 1.85. The molecule has 0 fully saturated rings. The first-order valence-electron chi connectivity index (χ1n) is 4.29. The molecular formula is C8H17NO3S. The molecule has 0 unspecified atom stereocenters. The maximum atomic E-state index is 10.4. The van der Waals surface area contributed by atoms with Crippen molar-refractivity contribution in [3.05, 3.63) is 0 Å². The summed E-state index contributed by atoms with van der Waals surface area (Å²) < 4.78 is 12.9. The predicted octanol–water partition coefficient (Wildman–Crippen LogP) is 0.433. The molecule has 4 nitrogen and oxygen atoms in total. The van der Waals surface area contributed by atoms with Gasteiger partial charge in [-0.1, -0.05) is 12.8 Å². The Labute approximate surface area is 84.5 Å². The van der Waals surface area contributed by atoms with Gasteiger partial charge in [0.1, 0.15) is 6.61 Å². The van der Waals surface area contributed by atoms with E-state index < -0.39 is 0 Å². The zero-order chi connectivity index (χ0) is 9.94. The molecule has 0 saturated carbocycles. The first kappa shape index (κ1) is 12.9. The summed E-state index contributed by atoms with van der Waals surface area (Å²) in [6.45, 7) is 4.34. The summed E-state index contributed by atoms with van der Waals surface area (Å²) in [6.07, 6.45) is 0.819. The summed E-state index contributed by atoms with van der Waals surface area (Å²) in [5.74, 6) is 0.0557. The Morgan fingerprint density at radius 2 is 2.00 bits per heavy atom. The molecule has 0 aliphatic carbocycles. The second-order valence-electron chi connectivity index (χ2n) is 2.63. The average Bonchev–Trinajstić information content (AvgIpc) is 2.09. The molecule has 78 valence electrons. The number of Topliss-reactive ketones (excluding diaryl/α,β-unsaturated/α-hetero) is 1. The number of carbonyl (C=O) groups is 1. The monoisotopic (exact) mass is 207 g/mol. The van der Waals surface area contributed by atoms with Crippen LogP contribution in [0, 0.1) is 0 Å². The highest BCUT2D eigenvalue weighted by atomic mass is 32.1. The van der Waals surface area contributed by atoms with Gasteiger partial charge >= 0.3 is 0 Å². The predicted molar refractivity (Wildman–Crippen MR) is 53.9 cm³/mol. The Balaban J connectivity index is 2.87. The lowest BCUT2D eigenvalue weighted by molar-refractivity contribution is -0.121. The largest absolute Gasteiger partial charge is 0.380 e. The third-order valence-corrected chi connectivity index (χ3v) is 1.46. The van der Waals surface area contributed by atoms with E-state index in [4.69, 9.17) is 9.47 Å². The molecule has 5 heteroatoms. The molecule has 0 amide bonds. The zero-order valence-electron chi connectivity index (χ0n) is 7.91. The fourth-order valence-electron chi connectivity index (χ4n) is 0.699. The van der Waals surface area contributed by atoms with Gasteiger partial charge in [-0.2, -0.15) is 0 Å². The summed E-state index contributed by atoms with van der Waals surface area (Å²) in [5, 5.41) is 0. The van der Waals surface area contributed by atoms with Gasteiger partial charge in [0, 0.05) is 19.8 Å². The van der Waals surface area contributed by atoms with E-state index in [1.165, 1.54) is 6.92 Å². The molecule has 0 bridgehead atoms. The molecule has 0 rings (SSSR count). The van der Waals surface area contributed by atoms with Crippen molar-refractivity contribution in [2.45, 2.75) is 13.3 Å². The second kappa shape index (κ2) is 9.98. The van der Waals surface area contributed by atoms with Crippen LogP contribution in [-0.4, -0.2) is 38.8 Å². The van der Waals surface area contributed by atoms with E-state index in [0.717, 1.165) is 13.0 Å². The summed E-state index contributed by atoms with van der Waals surface area (Å²) in [5.41, 5.74) is 0. The minimum Gasteiger partial charge on any atom is -0.380 e. The van der Waals surface area contributed by atoms with Crippen LogP contribution in [0.2, 0.25) is 0 Å². The van der Waals surface area contributed by atoms with Gasteiger partial charge in [-0.05, 0) is 13.3 Å². The second-order valence-corrected chi connectivity index (χ2v) is 2.94. The third kappa shape index (κ3) is 11.9. The lowest BCUT2D eigenvalue weighted by Gasteiger charge is -2.03. The van der Waals surface area contributed by atoms with E-state index in [1.54, 1.807) is 0 Å². The van der Waals surface area contributed by atoms with Crippen molar-refractivity contribution in [3.63, 3.8) is 0 Å². The summed E-state index contributed by atoms with van der Waals surface area (Å²) in [7, 11) is 0. The Hall–Kier alpha value is -0.100. The first-order valence-corrected chi connectivity index (χ1v) is 4.74. The van der Waals surface area contributed by atoms with Crippen LogP contribution in [0.5, 0.6) is 0 Å². The maximum Gasteiger partial charge on any atom is 0.155 e. The fraction of sp³-hybridized carbons (Fsp3) is 0.875. The van der Waals surface area contributed by atoms with E-state index >= 15 is 0 Å². The molecule has 0 atom stereocenters. The van der Waals surface area contributed by atoms with Crippen LogP contribution in [0.1, 0.15) is 13.3 Å². The van der Waals surface area contributed by atoms with Gasteiger partial charge in [-0.3, -0.25) is 9.52 Å². The van der Waals surface area contributed by atoms with E-state index in [9.17, 15) is 4.79 Å². The van der Waals surface area contributed by atoms with Crippen molar-refractivity contribution in [3.8, 4) is 0 Å². The summed E-state index contributed by atoms with van der Waals surface area (Å²) in [4.78, 5) is 10.4. The van der Waals surface area contributed by atoms with Crippen molar-refractivity contribution < 1.29 is 14.3 Å². The van der Waals surface area contributed by atoms with E-state index in [0.29, 0.717) is 19.8 Å². The van der Waals surface area contributed by atoms with Gasteiger partial charge in [0.25, 0.3) is 0 Å². The van der Waals surface area contributed by atoms with E-state index in [1.807, 2.05) is 0 Å². The molecule has 13 heavy (non-hydrogen) atoms. The van der Waals surface area contributed by atoms with Crippen molar-refractivity contribution in [1.29, 1.82) is 0 Å². The first-order chi connectivity index (χ1) is 6.27. The van der Waals surface area contributed by atoms with Crippen LogP contribution in [0.25, 0.3) is 0 Å². The van der Waals surface area contributed by atoms with Crippen LogP contribution in [0.15, 0.2) is 0 Å². The fourth-order valence-corrected chi connectivity index (χ4v) is 0.790. The molecule has 0 aliphatic heterocycles. The number of ether oxygens (including phenoxy) is 2. The standard InChI is InChI=1S/C8H17NO3S/c1-8(10)7-12-5-2-4-11-6-3-9-13/h9,13H,2-7H2,1H3. The Bertz CT molecular complexity index is 133. The lowest BCUT2D eigenvalue weighted by atomic mass is 10.4. The molecule has 1 N–H and O–H groups in total. The molecule has 0 aromatic rings. The number of ketones is 1. The smallest absolute Gasteiger partial charge is 0.155 e. The number of nitrogens with one attached hydrogen (secondary N) is 1. The summed E-state index contributed by atoms with van der Waals surface area (Å²) >= 11 is 3.81. The van der Waals surface area contributed by atoms with Gasteiger partial charge < -0.3 is 9.47 Å². The number of thiol groups is 1. The van der Waals surface area contributed by atoms with E-state index in [-0.39, 0.29) is 12.4 Å². The minimum absolute atomic E-state index is 0.0557. The van der Waals surface area contributed by atoms with Crippen molar-refractivity contribution in [1.82, 2.24) is 4.72 Å². The lowest BCUT2D eigenvalue weighted by Crippen LogP contribution is -2.12. The normalized spacial score (nSPS) is 10.3. The zero-order valence-corrected chi connectivity index (χ0v) is 8.81. The molecule has 0 aromatic heterocycles. The van der Waals surface area contributed by atoms with Gasteiger partial charge in [0.15, 0.2) is 5.78 Å². The molecular weight excluding hydrogens is 190 g/mol. The third-order valence-electron chi connectivity index (χ3n) is 1.24. The number of hydrogen-bond donors (Lipinski definition) is 2. The molecule has 0 spiro atoms. The Morgan fingerprint density at radius 1 is 1.31 bits per heavy atom. The Morgan fingerprint density at radius 3 is 2.62 bits per heavy atom. The average molecular weight is 207 g/mol. The van der Waals surface area contributed by atoms with Crippen LogP contribution >= 0.6 is 12.8 Å². The number of rotatable bonds is 9.